The first-order valence-electron chi connectivity index (χ1n) is 11.1. The fourth-order valence-corrected chi connectivity index (χ4v) is 5.13. The van der Waals surface area contributed by atoms with Crippen molar-refractivity contribution < 1.29 is 5.11 Å². The Bertz CT molecular complexity index is 1130. The molecule has 2 saturated heterocycles. The number of hydrogen-bond acceptors (Lipinski definition) is 9. The molecule has 168 valence electrons. The topological polar surface area (TPSA) is 117 Å². The van der Waals surface area contributed by atoms with Gasteiger partial charge in [0.1, 0.15) is 6.33 Å². The Morgan fingerprint density at radius 3 is 2.38 bits per heavy atom. The van der Waals surface area contributed by atoms with Crippen molar-refractivity contribution in [2.24, 2.45) is 5.41 Å². The first-order valence-corrected chi connectivity index (χ1v) is 11.1. The third-order valence-electron chi connectivity index (χ3n) is 7.34. The summed E-state index contributed by atoms with van der Waals surface area (Å²) in [6, 6.07) is 3.66. The molecule has 32 heavy (non-hydrogen) atoms. The molecule has 0 unspecified atom stereocenters. The van der Waals surface area contributed by atoms with E-state index >= 15 is 0 Å². The van der Waals surface area contributed by atoms with Crippen LogP contribution in [0.25, 0.3) is 5.82 Å². The predicted octanol–water partition coefficient (Wildman–Crippen LogP) is 0.378. The lowest BCUT2D eigenvalue weighted by molar-refractivity contribution is 0.0449. The van der Waals surface area contributed by atoms with Gasteiger partial charge in [0, 0.05) is 37.0 Å². The summed E-state index contributed by atoms with van der Waals surface area (Å²) < 4.78 is 1.47. The van der Waals surface area contributed by atoms with E-state index in [0.717, 1.165) is 57.4 Å². The number of aliphatic hydroxyl groups is 1. The van der Waals surface area contributed by atoms with Crippen molar-refractivity contribution in [3.8, 4) is 5.82 Å². The van der Waals surface area contributed by atoms with E-state index < -0.39 is 6.10 Å². The van der Waals surface area contributed by atoms with E-state index in [1.54, 1.807) is 19.2 Å². The van der Waals surface area contributed by atoms with Crippen molar-refractivity contribution in [2.45, 2.75) is 38.7 Å². The second-order valence-electron chi connectivity index (χ2n) is 9.14. The molecular weight excluding hydrogens is 410 g/mol. The first kappa shape index (κ1) is 20.9. The van der Waals surface area contributed by atoms with E-state index in [9.17, 15) is 14.7 Å². The SMILES string of the molecule is Cc1c(N2CCC3(CCN(C[C@@H](O)c4ccc(-n5cnnn5)nc4)CC3)CC2)c(=O)c1=O. The summed E-state index contributed by atoms with van der Waals surface area (Å²) in [5.41, 5.74) is 1.70. The predicted molar refractivity (Wildman–Crippen MR) is 118 cm³/mol. The average molecular weight is 438 g/mol. The lowest BCUT2D eigenvalue weighted by Crippen LogP contribution is -2.50. The normalized spacial score (nSPS) is 20.1. The maximum atomic E-state index is 11.9. The number of pyridine rings is 1. The van der Waals surface area contributed by atoms with Crippen LogP contribution in [0.1, 0.15) is 42.9 Å². The molecule has 10 nitrogen and oxygen atoms in total. The summed E-state index contributed by atoms with van der Waals surface area (Å²) in [5.74, 6) is 0.608. The number of aromatic nitrogens is 5. The summed E-state index contributed by atoms with van der Waals surface area (Å²) in [4.78, 5) is 32.2. The van der Waals surface area contributed by atoms with E-state index in [0.29, 0.717) is 29.0 Å². The number of anilines is 1. The Balaban J connectivity index is 1.13. The molecule has 1 aromatic carbocycles. The quantitative estimate of drug-likeness (QED) is 0.565. The Hall–Kier alpha value is -2.98. The van der Waals surface area contributed by atoms with Crippen molar-refractivity contribution in [1.82, 2.24) is 30.1 Å². The molecule has 0 aliphatic carbocycles. The van der Waals surface area contributed by atoms with Crippen LogP contribution in [0.3, 0.4) is 0 Å². The third-order valence-corrected chi connectivity index (χ3v) is 7.34. The lowest BCUT2D eigenvalue weighted by atomic mass is 9.71. The molecule has 5 rings (SSSR count). The van der Waals surface area contributed by atoms with E-state index in [4.69, 9.17) is 0 Å². The molecule has 0 saturated carbocycles. The minimum Gasteiger partial charge on any atom is -0.387 e. The molecule has 1 spiro atoms. The van der Waals surface area contributed by atoms with Crippen LogP contribution < -0.4 is 15.8 Å². The minimum atomic E-state index is -0.599. The smallest absolute Gasteiger partial charge is 0.249 e. The molecule has 2 aliphatic rings. The van der Waals surface area contributed by atoms with Gasteiger partial charge in [-0.2, -0.15) is 4.68 Å². The zero-order valence-corrected chi connectivity index (χ0v) is 18.1. The van der Waals surface area contributed by atoms with Gasteiger partial charge in [-0.3, -0.25) is 9.59 Å². The van der Waals surface area contributed by atoms with Crippen molar-refractivity contribution in [3.63, 3.8) is 0 Å². The molecule has 0 amide bonds. The molecule has 2 fully saturated rings. The second-order valence-corrected chi connectivity index (χ2v) is 9.14. The van der Waals surface area contributed by atoms with Gasteiger partial charge in [-0.05, 0) is 67.6 Å². The van der Waals surface area contributed by atoms with Gasteiger partial charge in [0.05, 0.1) is 11.8 Å². The fourth-order valence-electron chi connectivity index (χ4n) is 5.13. The third kappa shape index (κ3) is 3.73. The Morgan fingerprint density at radius 1 is 1.06 bits per heavy atom. The lowest BCUT2D eigenvalue weighted by Gasteiger charge is -2.47. The molecule has 10 heteroatoms. The zero-order valence-electron chi connectivity index (χ0n) is 18.1. The van der Waals surface area contributed by atoms with Crippen molar-refractivity contribution in [3.05, 3.63) is 56.2 Å². The Labute approximate surface area is 185 Å². The van der Waals surface area contributed by atoms with E-state index in [2.05, 4.69) is 30.3 Å². The highest BCUT2D eigenvalue weighted by atomic mass is 16.3. The van der Waals surface area contributed by atoms with Crippen LogP contribution >= 0.6 is 0 Å². The molecule has 0 bridgehead atoms. The summed E-state index contributed by atoms with van der Waals surface area (Å²) in [6.45, 7) is 5.92. The number of nitrogens with zero attached hydrogens (tertiary/aromatic N) is 7. The minimum absolute atomic E-state index is 0.304. The second kappa shape index (κ2) is 8.18. The van der Waals surface area contributed by atoms with E-state index in [-0.39, 0.29) is 10.9 Å². The van der Waals surface area contributed by atoms with Crippen LogP contribution in [-0.2, 0) is 0 Å². The summed E-state index contributed by atoms with van der Waals surface area (Å²) in [7, 11) is 0. The zero-order chi connectivity index (χ0) is 22.3. The summed E-state index contributed by atoms with van der Waals surface area (Å²) >= 11 is 0. The van der Waals surface area contributed by atoms with Gasteiger partial charge in [-0.15, -0.1) is 5.10 Å². The number of tetrazole rings is 1. The number of piperidine rings is 2. The summed E-state index contributed by atoms with van der Waals surface area (Å²) in [6.07, 6.45) is 6.83. The maximum absolute atomic E-state index is 11.9. The van der Waals surface area contributed by atoms with Gasteiger partial charge in [0.15, 0.2) is 5.82 Å². The van der Waals surface area contributed by atoms with Gasteiger partial charge in [0.25, 0.3) is 0 Å². The van der Waals surface area contributed by atoms with Crippen LogP contribution in [0.4, 0.5) is 5.69 Å². The van der Waals surface area contributed by atoms with Crippen LogP contribution in [-0.4, -0.2) is 67.9 Å². The average Bonchev–Trinajstić information content (AvgIpc) is 3.37. The monoisotopic (exact) mass is 437 g/mol. The van der Waals surface area contributed by atoms with Gasteiger partial charge >= 0.3 is 0 Å². The molecule has 1 atom stereocenters. The van der Waals surface area contributed by atoms with Gasteiger partial charge in [-0.25, -0.2) is 4.98 Å². The molecule has 1 N–H and O–H groups in total. The fraction of sp³-hybridized carbons (Fsp3) is 0.545. The van der Waals surface area contributed by atoms with Crippen molar-refractivity contribution in [2.75, 3.05) is 37.6 Å². The van der Waals surface area contributed by atoms with Gasteiger partial charge in [0.2, 0.25) is 10.9 Å². The summed E-state index contributed by atoms with van der Waals surface area (Å²) in [5, 5.41) is 21.7. The molecule has 2 aromatic heterocycles. The number of aliphatic hydroxyl groups excluding tert-OH is 1. The number of likely N-dealkylation sites (tertiary alicyclic amines) is 1. The van der Waals surface area contributed by atoms with Crippen molar-refractivity contribution >= 4 is 5.69 Å². The highest BCUT2D eigenvalue weighted by Gasteiger charge is 2.39. The van der Waals surface area contributed by atoms with Crippen molar-refractivity contribution in [1.29, 1.82) is 0 Å². The molecule has 0 radical (unpaired) electrons. The highest BCUT2D eigenvalue weighted by Crippen LogP contribution is 2.42. The Morgan fingerprint density at radius 2 is 1.78 bits per heavy atom. The highest BCUT2D eigenvalue weighted by molar-refractivity contribution is 5.58. The number of hydrogen-bond donors (Lipinski definition) is 1. The van der Waals surface area contributed by atoms with E-state index in [1.165, 1.54) is 11.0 Å². The van der Waals surface area contributed by atoms with Crippen LogP contribution in [0.15, 0.2) is 34.2 Å². The van der Waals surface area contributed by atoms with Crippen LogP contribution in [0, 0.1) is 12.3 Å². The number of β-amino-alcohol motifs (C(OH)–C–C–N with tert-alkyl or cyclic N) is 1. The van der Waals surface area contributed by atoms with Crippen LogP contribution in [0.5, 0.6) is 0 Å². The van der Waals surface area contributed by atoms with E-state index in [1.807, 2.05) is 6.07 Å². The molecular formula is C22H27N7O3. The molecule has 2 aliphatic heterocycles. The largest absolute Gasteiger partial charge is 0.387 e. The number of rotatable bonds is 5. The first-order chi connectivity index (χ1) is 15.5. The van der Waals surface area contributed by atoms with Crippen LogP contribution in [0.2, 0.25) is 0 Å². The Kier molecular flexibility index (Phi) is 5.34. The molecule has 3 aromatic rings. The maximum Gasteiger partial charge on any atom is 0.249 e. The molecule has 4 heterocycles. The van der Waals surface area contributed by atoms with Gasteiger partial charge in [-0.1, -0.05) is 6.07 Å². The standard InChI is InChI=1S/C22H27N7O3/c1-15-19(21(32)20(15)31)28-10-6-22(7-11-28)4-8-27(9-5-22)13-17(30)16-2-3-18(23-12-16)29-14-24-25-26-29/h2-3,12,14,17,30H,4-11,13H2,1H3/t17-/m1/s1. The van der Waals surface area contributed by atoms with Gasteiger partial charge < -0.3 is 14.9 Å².